The molecule has 1 aromatic rings. The third-order valence-electron chi connectivity index (χ3n) is 3.89. The Balaban J connectivity index is 2.20. The highest BCUT2D eigenvalue weighted by Crippen LogP contribution is 2.28. The van der Waals surface area contributed by atoms with Crippen molar-refractivity contribution in [3.05, 3.63) is 6.07 Å². The summed E-state index contributed by atoms with van der Waals surface area (Å²) in [6.45, 7) is 9.85. The topological polar surface area (TPSA) is 41.0 Å². The van der Waals surface area contributed by atoms with Gasteiger partial charge in [-0.15, -0.1) is 0 Å². The molecule has 106 valence electrons. The molecular weight excluding hydrogens is 256 g/mol. The summed E-state index contributed by atoms with van der Waals surface area (Å²) in [6.07, 6.45) is 3.27. The molecule has 1 N–H and O–H groups in total. The number of nitrogens with zero attached hydrogens (tertiary/aromatic N) is 3. The molecule has 0 spiro atoms. The molecule has 2 atom stereocenters. The van der Waals surface area contributed by atoms with Crippen LogP contribution in [-0.2, 0) is 0 Å². The molecule has 2 heterocycles. The summed E-state index contributed by atoms with van der Waals surface area (Å²) in [5.74, 6) is 3.53. The highest BCUT2D eigenvalue weighted by atomic mass is 32.2. The predicted molar refractivity (Wildman–Crippen MR) is 83.1 cm³/mol. The third-order valence-corrected chi connectivity index (χ3v) is 4.44. The molecule has 1 saturated heterocycles. The van der Waals surface area contributed by atoms with Crippen LogP contribution in [0.5, 0.6) is 0 Å². The molecule has 1 fully saturated rings. The van der Waals surface area contributed by atoms with E-state index in [0.29, 0.717) is 0 Å². The molecule has 5 heteroatoms. The standard InChI is InChI=1S/C14H24N4S/c1-5-15-12-8-13(17-14(16-12)19-4)18-7-6-10(2)11(3)9-18/h8,10-11H,5-7,9H2,1-4H3,(H,15,16,17). The molecule has 0 aliphatic carbocycles. The van der Waals surface area contributed by atoms with Gasteiger partial charge in [-0.2, -0.15) is 0 Å². The monoisotopic (exact) mass is 280 g/mol. The van der Waals surface area contributed by atoms with E-state index in [9.17, 15) is 0 Å². The molecule has 19 heavy (non-hydrogen) atoms. The maximum atomic E-state index is 4.66. The van der Waals surface area contributed by atoms with Crippen LogP contribution in [0.25, 0.3) is 0 Å². The lowest BCUT2D eigenvalue weighted by Crippen LogP contribution is -2.39. The van der Waals surface area contributed by atoms with Crippen LogP contribution in [0.3, 0.4) is 0 Å². The van der Waals surface area contributed by atoms with Crippen molar-refractivity contribution in [2.45, 2.75) is 32.3 Å². The van der Waals surface area contributed by atoms with Gasteiger partial charge < -0.3 is 10.2 Å². The van der Waals surface area contributed by atoms with Crippen LogP contribution in [0.1, 0.15) is 27.2 Å². The summed E-state index contributed by atoms with van der Waals surface area (Å²) in [6, 6.07) is 2.08. The Labute approximate surface area is 120 Å². The van der Waals surface area contributed by atoms with E-state index in [1.54, 1.807) is 11.8 Å². The molecule has 1 aliphatic rings. The average molecular weight is 280 g/mol. The van der Waals surface area contributed by atoms with Gasteiger partial charge in [-0.1, -0.05) is 25.6 Å². The van der Waals surface area contributed by atoms with Crippen LogP contribution >= 0.6 is 11.8 Å². The van der Waals surface area contributed by atoms with E-state index in [0.717, 1.165) is 48.3 Å². The van der Waals surface area contributed by atoms with Crippen LogP contribution in [0, 0.1) is 11.8 Å². The van der Waals surface area contributed by atoms with Crippen LogP contribution in [0.2, 0.25) is 0 Å². The van der Waals surface area contributed by atoms with E-state index in [1.807, 2.05) is 6.26 Å². The molecule has 2 rings (SSSR count). The zero-order valence-electron chi connectivity index (χ0n) is 12.3. The first-order valence-electron chi connectivity index (χ1n) is 7.06. The molecule has 0 aromatic carbocycles. The minimum atomic E-state index is 0.726. The fourth-order valence-electron chi connectivity index (χ4n) is 2.41. The molecular formula is C14H24N4S. The summed E-state index contributed by atoms with van der Waals surface area (Å²) in [5.41, 5.74) is 0. The fraction of sp³-hybridized carbons (Fsp3) is 0.714. The van der Waals surface area contributed by atoms with Crippen molar-refractivity contribution in [3.8, 4) is 0 Å². The van der Waals surface area contributed by atoms with Gasteiger partial charge in [0.05, 0.1) is 0 Å². The summed E-state index contributed by atoms with van der Waals surface area (Å²) >= 11 is 1.60. The Bertz CT molecular complexity index is 424. The average Bonchev–Trinajstić information content (AvgIpc) is 2.42. The van der Waals surface area contributed by atoms with Crippen molar-refractivity contribution in [2.75, 3.05) is 36.1 Å². The minimum absolute atomic E-state index is 0.726. The van der Waals surface area contributed by atoms with Gasteiger partial charge in [-0.25, -0.2) is 9.97 Å². The molecule has 0 amide bonds. The normalized spacial score (nSPS) is 23.5. The molecule has 0 saturated carbocycles. The smallest absolute Gasteiger partial charge is 0.191 e. The van der Waals surface area contributed by atoms with Crippen molar-refractivity contribution in [3.63, 3.8) is 0 Å². The van der Waals surface area contributed by atoms with Crippen LogP contribution in [-0.4, -0.2) is 35.9 Å². The Morgan fingerprint density at radius 2 is 2.16 bits per heavy atom. The first-order chi connectivity index (χ1) is 9.13. The van der Waals surface area contributed by atoms with Gasteiger partial charge in [0.2, 0.25) is 0 Å². The largest absolute Gasteiger partial charge is 0.370 e. The third kappa shape index (κ3) is 3.53. The maximum Gasteiger partial charge on any atom is 0.191 e. The first kappa shape index (κ1) is 14.4. The van der Waals surface area contributed by atoms with E-state index >= 15 is 0 Å². The van der Waals surface area contributed by atoms with E-state index in [-0.39, 0.29) is 0 Å². The fourth-order valence-corrected chi connectivity index (χ4v) is 2.78. The second-order valence-corrected chi connectivity index (χ2v) is 6.09. The number of rotatable bonds is 4. The number of nitrogens with one attached hydrogen (secondary N) is 1. The van der Waals surface area contributed by atoms with Crippen LogP contribution < -0.4 is 10.2 Å². The van der Waals surface area contributed by atoms with E-state index in [4.69, 9.17) is 0 Å². The second-order valence-electron chi connectivity index (χ2n) is 5.32. The van der Waals surface area contributed by atoms with Gasteiger partial charge in [-0.3, -0.25) is 0 Å². The van der Waals surface area contributed by atoms with Crippen molar-refractivity contribution in [1.82, 2.24) is 9.97 Å². The molecule has 1 aromatic heterocycles. The molecule has 1 aliphatic heterocycles. The van der Waals surface area contributed by atoms with E-state index in [2.05, 4.69) is 47.0 Å². The van der Waals surface area contributed by atoms with E-state index in [1.165, 1.54) is 6.42 Å². The van der Waals surface area contributed by atoms with Gasteiger partial charge in [-0.05, 0) is 31.4 Å². The van der Waals surface area contributed by atoms with E-state index < -0.39 is 0 Å². The van der Waals surface area contributed by atoms with Crippen molar-refractivity contribution in [2.24, 2.45) is 11.8 Å². The number of hydrogen-bond donors (Lipinski definition) is 1. The Morgan fingerprint density at radius 3 is 2.79 bits per heavy atom. The zero-order valence-corrected chi connectivity index (χ0v) is 13.1. The lowest BCUT2D eigenvalue weighted by molar-refractivity contribution is 0.322. The van der Waals surface area contributed by atoms with Gasteiger partial charge in [0.25, 0.3) is 0 Å². The Hall–Kier alpha value is -0.970. The quantitative estimate of drug-likeness (QED) is 0.678. The van der Waals surface area contributed by atoms with Crippen molar-refractivity contribution >= 4 is 23.4 Å². The lowest BCUT2D eigenvalue weighted by atomic mass is 9.89. The first-order valence-corrected chi connectivity index (χ1v) is 8.28. The Morgan fingerprint density at radius 1 is 1.37 bits per heavy atom. The van der Waals surface area contributed by atoms with Gasteiger partial charge in [0.15, 0.2) is 5.16 Å². The number of piperidine rings is 1. The van der Waals surface area contributed by atoms with Crippen LogP contribution in [0.15, 0.2) is 11.2 Å². The van der Waals surface area contributed by atoms with Gasteiger partial charge >= 0.3 is 0 Å². The molecule has 0 bridgehead atoms. The summed E-state index contributed by atoms with van der Waals surface area (Å²) < 4.78 is 0. The molecule has 2 unspecified atom stereocenters. The molecule has 4 nitrogen and oxygen atoms in total. The number of anilines is 2. The minimum Gasteiger partial charge on any atom is -0.370 e. The summed E-state index contributed by atoms with van der Waals surface area (Å²) in [7, 11) is 0. The Kier molecular flexibility index (Phi) is 4.91. The predicted octanol–water partition coefficient (Wildman–Crippen LogP) is 3.11. The maximum absolute atomic E-state index is 4.66. The summed E-state index contributed by atoms with van der Waals surface area (Å²) in [5, 5.41) is 4.14. The molecule has 0 radical (unpaired) electrons. The second kappa shape index (κ2) is 6.46. The zero-order chi connectivity index (χ0) is 13.8. The SMILES string of the molecule is CCNc1cc(N2CCC(C)C(C)C2)nc(SC)n1. The highest BCUT2D eigenvalue weighted by molar-refractivity contribution is 7.98. The van der Waals surface area contributed by atoms with Crippen molar-refractivity contribution < 1.29 is 0 Å². The van der Waals surface area contributed by atoms with Gasteiger partial charge in [0, 0.05) is 25.7 Å². The number of aromatic nitrogens is 2. The van der Waals surface area contributed by atoms with Crippen molar-refractivity contribution in [1.29, 1.82) is 0 Å². The lowest BCUT2D eigenvalue weighted by Gasteiger charge is -2.36. The number of hydrogen-bond acceptors (Lipinski definition) is 5. The number of thioether (sulfide) groups is 1. The highest BCUT2D eigenvalue weighted by Gasteiger charge is 2.24. The van der Waals surface area contributed by atoms with Crippen LogP contribution in [0.4, 0.5) is 11.6 Å². The summed E-state index contributed by atoms with van der Waals surface area (Å²) in [4.78, 5) is 11.5. The van der Waals surface area contributed by atoms with Gasteiger partial charge in [0.1, 0.15) is 11.6 Å².